The summed E-state index contributed by atoms with van der Waals surface area (Å²) in [5, 5.41) is 11.7. The van der Waals surface area contributed by atoms with Crippen molar-refractivity contribution in [1.82, 2.24) is 20.4 Å². The molecule has 1 aliphatic rings. The van der Waals surface area contributed by atoms with E-state index in [2.05, 4.69) is 38.9 Å². The third-order valence-corrected chi connectivity index (χ3v) is 3.77. The second-order valence-corrected chi connectivity index (χ2v) is 5.48. The molecule has 0 radical (unpaired) electrons. The number of aromatic amines is 1. The number of hydrogen-bond acceptors (Lipinski definition) is 4. The largest absolute Gasteiger partial charge is 0.394 e. The first-order chi connectivity index (χ1) is 10.2. The fourth-order valence-electron chi connectivity index (χ4n) is 2.31. The number of nitrogens with one attached hydrogen (secondary N) is 2. The molecule has 5 nitrogen and oxygen atoms in total. The number of fused-ring (bicyclic) bond motifs is 1. The molecular weight excluding hydrogens is 286 g/mol. The van der Waals surface area contributed by atoms with Gasteiger partial charge in [0, 0.05) is 49.3 Å². The van der Waals surface area contributed by atoms with Crippen LogP contribution in [-0.2, 0) is 0 Å². The van der Waals surface area contributed by atoms with Gasteiger partial charge >= 0.3 is 0 Å². The zero-order valence-electron chi connectivity index (χ0n) is 12.6. The van der Waals surface area contributed by atoms with Gasteiger partial charge in [-0.25, -0.2) is 0 Å². The van der Waals surface area contributed by atoms with Crippen LogP contribution in [0.2, 0.25) is 5.02 Å². The molecule has 1 aliphatic heterocycles. The van der Waals surface area contributed by atoms with E-state index in [0.29, 0.717) is 0 Å². The summed E-state index contributed by atoms with van der Waals surface area (Å²) in [6.45, 7) is 7.62. The maximum absolute atomic E-state index is 6.14. The number of piperazine rings is 1. The van der Waals surface area contributed by atoms with Crippen LogP contribution in [0, 0.1) is 0 Å². The summed E-state index contributed by atoms with van der Waals surface area (Å²) in [5.41, 5.74) is 2.20. The van der Waals surface area contributed by atoms with Gasteiger partial charge in [-0.2, -0.15) is 5.10 Å². The van der Waals surface area contributed by atoms with Gasteiger partial charge in [0.2, 0.25) is 0 Å². The highest BCUT2D eigenvalue weighted by molar-refractivity contribution is 6.31. The van der Waals surface area contributed by atoms with E-state index in [1.807, 2.05) is 25.4 Å². The van der Waals surface area contributed by atoms with E-state index in [1.165, 1.54) is 5.69 Å². The van der Waals surface area contributed by atoms with Gasteiger partial charge in [-0.3, -0.25) is 5.10 Å². The van der Waals surface area contributed by atoms with Crippen molar-refractivity contribution in [2.75, 3.05) is 45.2 Å². The van der Waals surface area contributed by atoms with Gasteiger partial charge in [-0.15, -0.1) is 0 Å². The maximum Gasteiger partial charge on any atom is 0.0686 e. The van der Waals surface area contributed by atoms with Crippen molar-refractivity contribution < 1.29 is 0 Å². The predicted octanol–water partition coefficient (Wildman–Crippen LogP) is 2.32. The summed E-state index contributed by atoms with van der Waals surface area (Å²) in [7, 11) is 3.97. The number of likely N-dealkylation sites (N-methyl/N-ethyl adjacent to an activating group) is 1. The average molecular weight is 308 g/mol. The Balaban J connectivity index is 0.000000361. The van der Waals surface area contributed by atoms with Crippen molar-refractivity contribution in [3.63, 3.8) is 0 Å². The molecule has 0 saturated carbocycles. The number of rotatable bonds is 2. The molecule has 1 aromatic heterocycles. The fourth-order valence-corrected chi connectivity index (χ4v) is 2.52. The van der Waals surface area contributed by atoms with Crippen molar-refractivity contribution >= 4 is 28.2 Å². The molecule has 1 aromatic carbocycles. The third kappa shape index (κ3) is 3.89. The van der Waals surface area contributed by atoms with E-state index in [9.17, 15) is 0 Å². The van der Waals surface area contributed by atoms with Gasteiger partial charge in [0.1, 0.15) is 0 Å². The zero-order chi connectivity index (χ0) is 15.2. The fraction of sp³-hybridized carbons (Fsp3) is 0.400. The van der Waals surface area contributed by atoms with E-state index in [0.717, 1.165) is 42.1 Å². The molecular formula is C15H22ClN5. The monoisotopic (exact) mass is 307 g/mol. The Labute approximate surface area is 130 Å². The van der Waals surface area contributed by atoms with Crippen LogP contribution in [0.25, 0.3) is 10.9 Å². The van der Waals surface area contributed by atoms with Gasteiger partial charge in [-0.05, 0) is 25.4 Å². The smallest absolute Gasteiger partial charge is 0.0686 e. The third-order valence-electron chi connectivity index (χ3n) is 3.55. The molecule has 0 unspecified atom stereocenters. The van der Waals surface area contributed by atoms with Crippen molar-refractivity contribution in [2.45, 2.75) is 0 Å². The Morgan fingerprint density at radius 3 is 2.62 bits per heavy atom. The first-order valence-electron chi connectivity index (χ1n) is 7.00. The molecule has 0 amide bonds. The number of anilines is 1. The summed E-state index contributed by atoms with van der Waals surface area (Å²) in [6, 6.07) is 3.95. The van der Waals surface area contributed by atoms with Crippen LogP contribution in [-0.4, -0.2) is 55.4 Å². The molecule has 2 N–H and O–H groups in total. The molecule has 0 atom stereocenters. The topological polar surface area (TPSA) is 47.2 Å². The van der Waals surface area contributed by atoms with Crippen LogP contribution in [0.15, 0.2) is 31.1 Å². The molecule has 0 aliphatic carbocycles. The predicted molar refractivity (Wildman–Crippen MR) is 90.1 cm³/mol. The lowest BCUT2D eigenvalue weighted by atomic mass is 10.2. The zero-order valence-corrected chi connectivity index (χ0v) is 13.3. The number of nitrogens with zero attached hydrogens (tertiary/aromatic N) is 3. The van der Waals surface area contributed by atoms with Crippen LogP contribution in [0.4, 0.5) is 5.69 Å². The molecule has 114 valence electrons. The minimum Gasteiger partial charge on any atom is -0.394 e. The SMILES string of the molecule is C=CNC.CN1CCN(c2cc(Cl)cc3[nH]ncc23)CC1. The number of hydrogen-bond donors (Lipinski definition) is 2. The van der Waals surface area contributed by atoms with Gasteiger partial charge in [0.05, 0.1) is 11.7 Å². The van der Waals surface area contributed by atoms with Crippen molar-refractivity contribution in [1.29, 1.82) is 0 Å². The Bertz CT molecular complexity index is 587. The molecule has 0 bridgehead atoms. The second kappa shape index (κ2) is 7.33. The first kappa shape index (κ1) is 15.7. The first-order valence-corrected chi connectivity index (χ1v) is 7.37. The molecule has 2 heterocycles. The summed E-state index contributed by atoms with van der Waals surface area (Å²) in [6.07, 6.45) is 3.50. The molecule has 6 heteroatoms. The Morgan fingerprint density at radius 1 is 1.33 bits per heavy atom. The van der Waals surface area contributed by atoms with E-state index >= 15 is 0 Å². The van der Waals surface area contributed by atoms with E-state index in [1.54, 1.807) is 6.20 Å². The summed E-state index contributed by atoms with van der Waals surface area (Å²) in [4.78, 5) is 4.72. The highest BCUT2D eigenvalue weighted by Crippen LogP contribution is 2.30. The minimum absolute atomic E-state index is 0.760. The normalized spacial score (nSPS) is 15.5. The van der Waals surface area contributed by atoms with Crippen molar-refractivity contribution in [3.8, 4) is 0 Å². The number of aromatic nitrogens is 2. The summed E-state index contributed by atoms with van der Waals surface area (Å²) >= 11 is 6.14. The van der Waals surface area contributed by atoms with Crippen LogP contribution in [0.1, 0.15) is 0 Å². The van der Waals surface area contributed by atoms with Crippen molar-refractivity contribution in [3.05, 3.63) is 36.1 Å². The maximum atomic E-state index is 6.14. The molecule has 2 aromatic rings. The Morgan fingerprint density at radius 2 is 2.00 bits per heavy atom. The number of halogens is 1. The van der Waals surface area contributed by atoms with Crippen molar-refractivity contribution in [2.24, 2.45) is 0 Å². The average Bonchev–Trinajstić information content (AvgIpc) is 2.95. The van der Waals surface area contributed by atoms with Gasteiger partial charge in [-0.1, -0.05) is 18.2 Å². The lowest BCUT2D eigenvalue weighted by Gasteiger charge is -2.34. The molecule has 1 saturated heterocycles. The molecule has 1 fully saturated rings. The lowest BCUT2D eigenvalue weighted by molar-refractivity contribution is 0.313. The Kier molecular flexibility index (Phi) is 5.47. The Hall–Kier alpha value is -1.72. The second-order valence-electron chi connectivity index (χ2n) is 5.04. The van der Waals surface area contributed by atoms with E-state index in [-0.39, 0.29) is 0 Å². The van der Waals surface area contributed by atoms with Gasteiger partial charge in [0.25, 0.3) is 0 Å². The molecule has 3 rings (SSSR count). The van der Waals surface area contributed by atoms with E-state index in [4.69, 9.17) is 11.6 Å². The van der Waals surface area contributed by atoms with Crippen LogP contribution >= 0.6 is 11.6 Å². The van der Waals surface area contributed by atoms with Crippen LogP contribution in [0.5, 0.6) is 0 Å². The molecule has 0 spiro atoms. The highest BCUT2D eigenvalue weighted by Gasteiger charge is 2.17. The van der Waals surface area contributed by atoms with Gasteiger partial charge < -0.3 is 15.1 Å². The number of benzene rings is 1. The lowest BCUT2D eigenvalue weighted by Crippen LogP contribution is -2.44. The molecule has 21 heavy (non-hydrogen) atoms. The van der Waals surface area contributed by atoms with E-state index < -0.39 is 0 Å². The summed E-state index contributed by atoms with van der Waals surface area (Å²) in [5.74, 6) is 0. The van der Waals surface area contributed by atoms with Crippen LogP contribution in [0.3, 0.4) is 0 Å². The van der Waals surface area contributed by atoms with Gasteiger partial charge in [0.15, 0.2) is 0 Å². The summed E-state index contributed by atoms with van der Waals surface area (Å²) < 4.78 is 0. The quantitative estimate of drug-likeness (QED) is 0.894. The number of H-pyrrole nitrogens is 1. The standard InChI is InChI=1S/C12H15ClN4.C3H7N/c1-16-2-4-17(5-3-16)12-7-9(13)6-11-10(12)8-14-15-11;1-3-4-2/h6-8H,2-5H2,1H3,(H,14,15);3-4H,1H2,2H3. The van der Waals surface area contributed by atoms with Crippen LogP contribution < -0.4 is 10.2 Å². The highest BCUT2D eigenvalue weighted by atomic mass is 35.5. The minimum atomic E-state index is 0.760.